The van der Waals surface area contributed by atoms with Gasteiger partial charge in [0, 0.05) is 18.6 Å². The van der Waals surface area contributed by atoms with Crippen molar-refractivity contribution in [3.63, 3.8) is 0 Å². The van der Waals surface area contributed by atoms with E-state index in [2.05, 4.69) is 56.2 Å². The first-order chi connectivity index (χ1) is 13.5. The lowest BCUT2D eigenvalue weighted by Gasteiger charge is -2.48. The number of hydrogen-bond acceptors (Lipinski definition) is 4. The van der Waals surface area contributed by atoms with Crippen LogP contribution >= 0.6 is 0 Å². The zero-order valence-corrected chi connectivity index (χ0v) is 20.4. The summed E-state index contributed by atoms with van der Waals surface area (Å²) in [5.41, 5.74) is 0.983. The average molecular weight is 408 g/mol. The van der Waals surface area contributed by atoms with E-state index in [0.717, 1.165) is 19.1 Å². The first kappa shape index (κ1) is 23.5. The maximum atomic E-state index is 5.93. The average Bonchev–Trinajstić information content (AvgIpc) is 2.64. The second kappa shape index (κ2) is 9.54. The van der Waals surface area contributed by atoms with Gasteiger partial charge in [-0.3, -0.25) is 4.90 Å². The first-order valence-electron chi connectivity index (χ1n) is 12.4. The lowest BCUT2D eigenvalue weighted by Crippen LogP contribution is -2.50. The van der Waals surface area contributed by atoms with Crippen LogP contribution in [-0.4, -0.2) is 84.8 Å². The minimum absolute atomic E-state index is 0.00674. The van der Waals surface area contributed by atoms with Gasteiger partial charge < -0.3 is 14.5 Å². The number of hydrogen-bond donors (Lipinski definition) is 0. The molecule has 3 fully saturated rings. The standard InChI is InChI=1S/C25H49N3O/c1-23(2,3)28-13-7-22(8-14-28)21-27-17-11-25(12-18-27)9-15-26(16-10-25)19-20-29-24(4,5)6/h22H,7-21H2,1-6H3. The Bertz CT molecular complexity index is 481. The molecule has 0 aromatic carbocycles. The summed E-state index contributed by atoms with van der Waals surface area (Å²) in [5.74, 6) is 0.923. The molecule has 3 rings (SSSR count). The fourth-order valence-electron chi connectivity index (χ4n) is 5.59. The van der Waals surface area contributed by atoms with Crippen LogP contribution in [0, 0.1) is 11.3 Å². The Morgan fingerprint density at radius 2 is 1.28 bits per heavy atom. The predicted molar refractivity (Wildman–Crippen MR) is 124 cm³/mol. The largest absolute Gasteiger partial charge is 0.375 e. The van der Waals surface area contributed by atoms with E-state index in [1.807, 2.05) is 0 Å². The number of likely N-dealkylation sites (tertiary alicyclic amines) is 3. The molecule has 0 unspecified atom stereocenters. The van der Waals surface area contributed by atoms with Crippen molar-refractivity contribution in [2.75, 3.05) is 59.0 Å². The molecule has 0 aromatic heterocycles. The van der Waals surface area contributed by atoms with E-state index in [1.165, 1.54) is 84.3 Å². The predicted octanol–water partition coefficient (Wildman–Crippen LogP) is 4.49. The third-order valence-corrected chi connectivity index (χ3v) is 7.86. The third-order valence-electron chi connectivity index (χ3n) is 7.86. The van der Waals surface area contributed by atoms with Crippen LogP contribution in [0.15, 0.2) is 0 Å². The maximum Gasteiger partial charge on any atom is 0.0600 e. The van der Waals surface area contributed by atoms with Crippen LogP contribution in [-0.2, 0) is 4.74 Å². The minimum atomic E-state index is -0.00674. The molecule has 0 radical (unpaired) electrons. The quantitative estimate of drug-likeness (QED) is 0.668. The van der Waals surface area contributed by atoms with Gasteiger partial charge in [-0.1, -0.05) is 0 Å². The van der Waals surface area contributed by atoms with Crippen LogP contribution in [0.1, 0.15) is 80.1 Å². The van der Waals surface area contributed by atoms with Gasteiger partial charge in [-0.25, -0.2) is 0 Å². The normalized spacial score (nSPS) is 26.3. The monoisotopic (exact) mass is 407 g/mol. The van der Waals surface area contributed by atoms with Gasteiger partial charge in [0.2, 0.25) is 0 Å². The lowest BCUT2D eigenvalue weighted by atomic mass is 9.71. The molecule has 4 nitrogen and oxygen atoms in total. The van der Waals surface area contributed by atoms with E-state index in [4.69, 9.17) is 4.74 Å². The zero-order chi connectivity index (χ0) is 21.1. The van der Waals surface area contributed by atoms with Gasteiger partial charge in [-0.2, -0.15) is 0 Å². The van der Waals surface area contributed by atoms with E-state index >= 15 is 0 Å². The van der Waals surface area contributed by atoms with E-state index in [9.17, 15) is 0 Å². The fourth-order valence-corrected chi connectivity index (χ4v) is 5.59. The van der Waals surface area contributed by atoms with Gasteiger partial charge in [0.1, 0.15) is 0 Å². The first-order valence-corrected chi connectivity index (χ1v) is 12.4. The van der Waals surface area contributed by atoms with E-state index in [-0.39, 0.29) is 5.60 Å². The molecule has 0 amide bonds. The molecule has 0 N–H and O–H groups in total. The Hall–Kier alpha value is -0.160. The molecule has 3 heterocycles. The molecular formula is C25H49N3O. The summed E-state index contributed by atoms with van der Waals surface area (Å²) in [6.45, 7) is 24.7. The van der Waals surface area contributed by atoms with Gasteiger partial charge in [0.15, 0.2) is 0 Å². The molecule has 1 spiro atoms. The molecule has 29 heavy (non-hydrogen) atoms. The van der Waals surface area contributed by atoms with Gasteiger partial charge in [0.05, 0.1) is 12.2 Å². The molecule has 0 aliphatic carbocycles. The van der Waals surface area contributed by atoms with Crippen LogP contribution in [0.2, 0.25) is 0 Å². The van der Waals surface area contributed by atoms with E-state index < -0.39 is 0 Å². The molecule has 4 heteroatoms. The van der Waals surface area contributed by atoms with Crippen molar-refractivity contribution in [1.82, 2.24) is 14.7 Å². The van der Waals surface area contributed by atoms with Crippen LogP contribution in [0.5, 0.6) is 0 Å². The van der Waals surface area contributed by atoms with E-state index in [1.54, 1.807) is 0 Å². The summed E-state index contributed by atoms with van der Waals surface area (Å²) in [6, 6.07) is 0. The number of rotatable bonds is 5. The van der Waals surface area contributed by atoms with Crippen molar-refractivity contribution >= 4 is 0 Å². The zero-order valence-electron chi connectivity index (χ0n) is 20.4. The number of ether oxygens (including phenoxy) is 1. The van der Waals surface area contributed by atoms with Crippen molar-refractivity contribution in [2.24, 2.45) is 11.3 Å². The van der Waals surface area contributed by atoms with Gasteiger partial charge in [-0.05, 0) is 131 Å². The van der Waals surface area contributed by atoms with Crippen molar-refractivity contribution in [3.05, 3.63) is 0 Å². The minimum Gasteiger partial charge on any atom is -0.375 e. The van der Waals surface area contributed by atoms with Crippen LogP contribution in [0.3, 0.4) is 0 Å². The lowest BCUT2D eigenvalue weighted by molar-refractivity contribution is -0.0263. The third kappa shape index (κ3) is 7.19. The summed E-state index contributed by atoms with van der Waals surface area (Å²) in [6.07, 6.45) is 8.45. The highest BCUT2D eigenvalue weighted by atomic mass is 16.5. The van der Waals surface area contributed by atoms with Crippen molar-refractivity contribution in [2.45, 2.75) is 91.2 Å². The second-order valence-corrected chi connectivity index (χ2v) is 12.2. The topological polar surface area (TPSA) is 19.0 Å². The Morgan fingerprint density at radius 3 is 1.76 bits per heavy atom. The van der Waals surface area contributed by atoms with Crippen molar-refractivity contribution in [1.29, 1.82) is 0 Å². The summed E-state index contributed by atoms with van der Waals surface area (Å²) < 4.78 is 5.93. The number of piperidine rings is 3. The fraction of sp³-hybridized carbons (Fsp3) is 1.00. The molecule has 3 aliphatic rings. The maximum absolute atomic E-state index is 5.93. The molecule has 170 valence electrons. The SMILES string of the molecule is CC(C)(C)OCCN1CCC2(CC1)CCN(CC1CCN(C(C)(C)C)CC1)CC2. The highest BCUT2D eigenvalue weighted by molar-refractivity contribution is 4.91. The summed E-state index contributed by atoms with van der Waals surface area (Å²) in [7, 11) is 0. The Morgan fingerprint density at radius 1 is 0.759 bits per heavy atom. The molecule has 0 bridgehead atoms. The van der Waals surface area contributed by atoms with Crippen LogP contribution in [0.4, 0.5) is 0 Å². The van der Waals surface area contributed by atoms with Gasteiger partial charge >= 0.3 is 0 Å². The smallest absolute Gasteiger partial charge is 0.0600 e. The van der Waals surface area contributed by atoms with Gasteiger partial charge in [-0.15, -0.1) is 0 Å². The molecular weight excluding hydrogens is 358 g/mol. The summed E-state index contributed by atoms with van der Waals surface area (Å²) in [5, 5.41) is 0. The number of nitrogens with zero attached hydrogens (tertiary/aromatic N) is 3. The van der Waals surface area contributed by atoms with E-state index in [0.29, 0.717) is 11.0 Å². The molecule has 3 saturated heterocycles. The van der Waals surface area contributed by atoms with Crippen molar-refractivity contribution in [3.8, 4) is 0 Å². The van der Waals surface area contributed by atoms with Gasteiger partial charge in [0.25, 0.3) is 0 Å². The highest BCUT2D eigenvalue weighted by Gasteiger charge is 2.38. The Labute approximate surface area is 181 Å². The second-order valence-electron chi connectivity index (χ2n) is 12.2. The van der Waals surface area contributed by atoms with Crippen LogP contribution < -0.4 is 0 Å². The molecule has 0 aromatic rings. The van der Waals surface area contributed by atoms with Crippen LogP contribution in [0.25, 0.3) is 0 Å². The Balaban J connectivity index is 1.33. The molecule has 0 saturated carbocycles. The summed E-state index contributed by atoms with van der Waals surface area (Å²) in [4.78, 5) is 8.10. The molecule has 0 atom stereocenters. The molecule has 3 aliphatic heterocycles. The Kier molecular flexibility index (Phi) is 7.73. The highest BCUT2D eigenvalue weighted by Crippen LogP contribution is 2.41. The summed E-state index contributed by atoms with van der Waals surface area (Å²) >= 11 is 0. The van der Waals surface area contributed by atoms with Crippen molar-refractivity contribution < 1.29 is 4.74 Å².